The molecule has 2 N–H and O–H groups in total. The Kier molecular flexibility index (Phi) is 4.34. The van der Waals surface area contributed by atoms with E-state index >= 15 is 0 Å². The molecule has 0 aromatic heterocycles. The predicted octanol–water partition coefficient (Wildman–Crippen LogP) is 3.25. The van der Waals surface area contributed by atoms with Gasteiger partial charge in [-0.2, -0.15) is 0 Å². The number of amides is 2. The minimum atomic E-state index is -0.614. The monoisotopic (exact) mass is 326 g/mol. The van der Waals surface area contributed by atoms with Gasteiger partial charge in [0.25, 0.3) is 5.91 Å². The first kappa shape index (κ1) is 16.2. The van der Waals surface area contributed by atoms with Crippen molar-refractivity contribution in [1.82, 2.24) is 5.32 Å². The third-order valence-corrected chi connectivity index (χ3v) is 4.65. The lowest BCUT2D eigenvalue weighted by molar-refractivity contribution is -0.124. The van der Waals surface area contributed by atoms with Crippen molar-refractivity contribution in [1.29, 1.82) is 0 Å². The van der Waals surface area contributed by atoms with Crippen molar-refractivity contribution < 1.29 is 14.0 Å². The number of hydrogen-bond acceptors (Lipinski definition) is 2. The summed E-state index contributed by atoms with van der Waals surface area (Å²) < 4.78 is 13.2. The number of hydrogen-bond donors (Lipinski definition) is 2. The Hall–Kier alpha value is -2.69. The molecule has 0 aliphatic heterocycles. The standard InChI is InChI=1S/C19H19FN2O2/c1-21-17(23)13-4-2-5-16(12-13)22-18(24)19(10-3-11-19)14-6-8-15(20)9-7-14/h2,4-9,12H,3,10-11H2,1H3,(H,21,23)(H,22,24). The molecule has 2 aromatic carbocycles. The van der Waals surface area contributed by atoms with Crippen molar-refractivity contribution in [3.8, 4) is 0 Å². The van der Waals surface area contributed by atoms with E-state index in [1.54, 1.807) is 43.4 Å². The molecule has 0 atom stereocenters. The topological polar surface area (TPSA) is 58.2 Å². The molecule has 24 heavy (non-hydrogen) atoms. The van der Waals surface area contributed by atoms with Gasteiger partial charge in [0.1, 0.15) is 5.82 Å². The van der Waals surface area contributed by atoms with E-state index in [9.17, 15) is 14.0 Å². The lowest BCUT2D eigenvalue weighted by Crippen LogP contribution is -2.46. The zero-order valence-electron chi connectivity index (χ0n) is 13.4. The van der Waals surface area contributed by atoms with Crippen LogP contribution in [0.1, 0.15) is 35.2 Å². The Bertz CT molecular complexity index is 767. The first-order valence-corrected chi connectivity index (χ1v) is 7.95. The highest BCUT2D eigenvalue weighted by Crippen LogP contribution is 2.44. The van der Waals surface area contributed by atoms with Gasteiger partial charge in [0.05, 0.1) is 5.41 Å². The molecular formula is C19H19FN2O2. The fourth-order valence-corrected chi connectivity index (χ4v) is 3.08. The molecule has 1 saturated carbocycles. The number of nitrogens with one attached hydrogen (secondary N) is 2. The smallest absolute Gasteiger partial charge is 0.251 e. The van der Waals surface area contributed by atoms with E-state index in [2.05, 4.69) is 10.6 Å². The summed E-state index contributed by atoms with van der Waals surface area (Å²) in [5.74, 6) is -0.635. The van der Waals surface area contributed by atoms with Gasteiger partial charge in [0, 0.05) is 18.3 Å². The summed E-state index contributed by atoms with van der Waals surface area (Å²) in [4.78, 5) is 24.6. The molecule has 1 aliphatic carbocycles. The van der Waals surface area contributed by atoms with Gasteiger partial charge in [0.2, 0.25) is 5.91 Å². The molecule has 5 heteroatoms. The Morgan fingerprint density at radius 2 is 1.79 bits per heavy atom. The lowest BCUT2D eigenvalue weighted by atomic mass is 9.64. The van der Waals surface area contributed by atoms with Crippen LogP contribution in [0.25, 0.3) is 0 Å². The van der Waals surface area contributed by atoms with Gasteiger partial charge in [-0.25, -0.2) is 4.39 Å². The van der Waals surface area contributed by atoms with Crippen molar-refractivity contribution in [3.05, 3.63) is 65.5 Å². The van der Waals surface area contributed by atoms with E-state index in [-0.39, 0.29) is 17.6 Å². The molecule has 2 amide bonds. The van der Waals surface area contributed by atoms with E-state index in [0.717, 1.165) is 24.8 Å². The van der Waals surface area contributed by atoms with E-state index in [1.807, 2.05) is 0 Å². The maximum atomic E-state index is 13.2. The van der Waals surface area contributed by atoms with Crippen LogP contribution in [0.4, 0.5) is 10.1 Å². The second-order valence-corrected chi connectivity index (χ2v) is 6.06. The highest BCUT2D eigenvalue weighted by atomic mass is 19.1. The Morgan fingerprint density at radius 1 is 1.08 bits per heavy atom. The zero-order chi connectivity index (χ0) is 17.2. The zero-order valence-corrected chi connectivity index (χ0v) is 13.4. The SMILES string of the molecule is CNC(=O)c1cccc(NC(=O)C2(c3ccc(F)cc3)CCC2)c1. The molecule has 1 aliphatic rings. The van der Waals surface area contributed by atoms with Crippen LogP contribution in [0.2, 0.25) is 0 Å². The molecule has 2 aromatic rings. The largest absolute Gasteiger partial charge is 0.355 e. The molecule has 3 rings (SSSR count). The lowest BCUT2D eigenvalue weighted by Gasteiger charge is -2.40. The minimum absolute atomic E-state index is 0.116. The van der Waals surface area contributed by atoms with Gasteiger partial charge in [0.15, 0.2) is 0 Å². The molecule has 0 heterocycles. The number of halogens is 1. The Balaban J connectivity index is 1.83. The summed E-state index contributed by atoms with van der Waals surface area (Å²) >= 11 is 0. The van der Waals surface area contributed by atoms with Crippen LogP contribution < -0.4 is 10.6 Å². The number of carbonyl (C=O) groups is 2. The fraction of sp³-hybridized carbons (Fsp3) is 0.263. The molecule has 0 bridgehead atoms. The van der Waals surface area contributed by atoms with Gasteiger partial charge in [-0.1, -0.05) is 24.6 Å². The van der Waals surface area contributed by atoms with Gasteiger partial charge in [-0.3, -0.25) is 9.59 Å². The number of carbonyl (C=O) groups excluding carboxylic acids is 2. The highest BCUT2D eigenvalue weighted by molar-refractivity contribution is 6.01. The summed E-state index contributed by atoms with van der Waals surface area (Å²) in [7, 11) is 1.56. The molecule has 0 spiro atoms. The molecule has 1 fully saturated rings. The average molecular weight is 326 g/mol. The van der Waals surface area contributed by atoms with Crippen LogP contribution in [0.3, 0.4) is 0 Å². The minimum Gasteiger partial charge on any atom is -0.355 e. The van der Waals surface area contributed by atoms with Gasteiger partial charge >= 0.3 is 0 Å². The maximum Gasteiger partial charge on any atom is 0.251 e. The second kappa shape index (κ2) is 6.43. The van der Waals surface area contributed by atoms with Gasteiger partial charge in [-0.15, -0.1) is 0 Å². The van der Waals surface area contributed by atoms with Crippen molar-refractivity contribution in [2.75, 3.05) is 12.4 Å². The van der Waals surface area contributed by atoms with Gasteiger partial charge in [-0.05, 0) is 48.7 Å². The van der Waals surface area contributed by atoms with Crippen LogP contribution in [-0.2, 0) is 10.2 Å². The first-order valence-electron chi connectivity index (χ1n) is 7.95. The van der Waals surface area contributed by atoms with Crippen molar-refractivity contribution in [2.24, 2.45) is 0 Å². The molecule has 0 unspecified atom stereocenters. The highest BCUT2D eigenvalue weighted by Gasteiger charge is 2.45. The van der Waals surface area contributed by atoms with E-state index in [0.29, 0.717) is 11.3 Å². The van der Waals surface area contributed by atoms with E-state index in [1.165, 1.54) is 12.1 Å². The van der Waals surface area contributed by atoms with Crippen LogP contribution in [-0.4, -0.2) is 18.9 Å². The molecule has 0 saturated heterocycles. The van der Waals surface area contributed by atoms with Crippen LogP contribution >= 0.6 is 0 Å². The van der Waals surface area contributed by atoms with Crippen molar-refractivity contribution >= 4 is 17.5 Å². The summed E-state index contributed by atoms with van der Waals surface area (Å²) in [5.41, 5.74) is 1.28. The molecule has 0 radical (unpaired) electrons. The third-order valence-electron chi connectivity index (χ3n) is 4.65. The van der Waals surface area contributed by atoms with Crippen molar-refractivity contribution in [3.63, 3.8) is 0 Å². The maximum absolute atomic E-state index is 13.2. The van der Waals surface area contributed by atoms with E-state index < -0.39 is 5.41 Å². The second-order valence-electron chi connectivity index (χ2n) is 6.06. The average Bonchev–Trinajstić information content (AvgIpc) is 2.55. The number of anilines is 1. The normalized spacial score (nSPS) is 15.2. The summed E-state index contributed by atoms with van der Waals surface area (Å²) in [5, 5.41) is 5.46. The summed E-state index contributed by atoms with van der Waals surface area (Å²) in [6.07, 6.45) is 2.43. The molecular weight excluding hydrogens is 307 g/mol. The van der Waals surface area contributed by atoms with Gasteiger partial charge < -0.3 is 10.6 Å². The summed E-state index contributed by atoms with van der Waals surface area (Å²) in [6, 6.07) is 12.9. The quantitative estimate of drug-likeness (QED) is 0.906. The number of rotatable bonds is 4. The predicted molar refractivity (Wildman–Crippen MR) is 90.4 cm³/mol. The Labute approximate surface area is 140 Å². The van der Waals surface area contributed by atoms with Crippen LogP contribution in [0.5, 0.6) is 0 Å². The first-order chi connectivity index (χ1) is 11.5. The van der Waals surface area contributed by atoms with Crippen LogP contribution in [0, 0.1) is 5.82 Å². The third kappa shape index (κ3) is 2.89. The molecule has 4 nitrogen and oxygen atoms in total. The Morgan fingerprint density at radius 3 is 2.38 bits per heavy atom. The number of benzene rings is 2. The van der Waals surface area contributed by atoms with Crippen molar-refractivity contribution in [2.45, 2.75) is 24.7 Å². The fourth-order valence-electron chi connectivity index (χ4n) is 3.08. The summed E-state index contributed by atoms with van der Waals surface area (Å²) in [6.45, 7) is 0. The van der Waals surface area contributed by atoms with Crippen LogP contribution in [0.15, 0.2) is 48.5 Å². The molecule has 124 valence electrons. The van der Waals surface area contributed by atoms with E-state index in [4.69, 9.17) is 0 Å².